The first-order valence-electron chi connectivity index (χ1n) is 6.96. The number of piperidine rings is 1. The van der Waals surface area contributed by atoms with E-state index < -0.39 is 0 Å². The molecule has 1 heterocycles. The van der Waals surface area contributed by atoms with Crippen LogP contribution in [0.2, 0.25) is 0 Å². The number of carbonyl (C=O) groups is 1. The zero-order chi connectivity index (χ0) is 13.0. The van der Waals surface area contributed by atoms with Crippen molar-refractivity contribution in [3.8, 4) is 0 Å². The van der Waals surface area contributed by atoms with Crippen LogP contribution in [0.4, 0.5) is 0 Å². The molecule has 1 aliphatic heterocycles. The Hall–Kier alpha value is -0.680. The van der Waals surface area contributed by atoms with Crippen LogP contribution in [0, 0.1) is 5.92 Å². The van der Waals surface area contributed by atoms with Crippen LogP contribution in [0.3, 0.4) is 0 Å². The molecule has 2 fully saturated rings. The minimum atomic E-state index is 0.277. The highest BCUT2D eigenvalue weighted by molar-refractivity contribution is 7.80. The molecular formula is C13H23N3OS. The molecule has 0 radical (unpaired) electrons. The number of thiocarbonyl (C=S) groups is 1. The second kappa shape index (κ2) is 6.48. The first kappa shape index (κ1) is 13.7. The standard InChI is InChI=1S/C13H23N3OS/c14-12(18)9-16-7-5-11(6-8-16)15-13(17)10-3-1-2-4-10/h10-11H,1-9H2,(H2,14,18)(H,15,17). The fourth-order valence-corrected chi connectivity index (χ4v) is 3.15. The van der Waals surface area contributed by atoms with E-state index in [2.05, 4.69) is 10.2 Å². The van der Waals surface area contributed by atoms with Gasteiger partial charge >= 0.3 is 0 Å². The Morgan fingerprint density at radius 1 is 1.22 bits per heavy atom. The van der Waals surface area contributed by atoms with Crippen molar-refractivity contribution < 1.29 is 4.79 Å². The molecule has 18 heavy (non-hydrogen) atoms. The van der Waals surface area contributed by atoms with Gasteiger partial charge in [-0.25, -0.2) is 0 Å². The number of nitrogens with two attached hydrogens (primary N) is 1. The molecule has 0 unspecified atom stereocenters. The van der Waals surface area contributed by atoms with E-state index in [4.69, 9.17) is 18.0 Å². The Morgan fingerprint density at radius 2 is 1.83 bits per heavy atom. The normalized spacial score (nSPS) is 23.1. The van der Waals surface area contributed by atoms with Crippen molar-refractivity contribution in [2.45, 2.75) is 44.6 Å². The fourth-order valence-electron chi connectivity index (χ4n) is 2.96. The minimum absolute atomic E-state index is 0.277. The molecule has 0 atom stereocenters. The van der Waals surface area contributed by atoms with Crippen LogP contribution >= 0.6 is 12.2 Å². The highest BCUT2D eigenvalue weighted by atomic mass is 32.1. The molecule has 0 aromatic rings. The average molecular weight is 269 g/mol. The maximum absolute atomic E-state index is 12.0. The summed E-state index contributed by atoms with van der Waals surface area (Å²) in [7, 11) is 0. The second-order valence-electron chi connectivity index (χ2n) is 5.51. The molecule has 4 nitrogen and oxygen atoms in total. The average Bonchev–Trinajstić information content (AvgIpc) is 2.84. The Kier molecular flexibility index (Phi) is 4.95. The molecule has 2 aliphatic rings. The van der Waals surface area contributed by atoms with E-state index in [-0.39, 0.29) is 11.8 Å². The van der Waals surface area contributed by atoms with Crippen molar-refractivity contribution in [1.82, 2.24) is 10.2 Å². The van der Waals surface area contributed by atoms with Crippen molar-refractivity contribution in [1.29, 1.82) is 0 Å². The molecule has 0 spiro atoms. The van der Waals surface area contributed by atoms with Gasteiger partial charge < -0.3 is 11.1 Å². The number of hydrogen-bond donors (Lipinski definition) is 2. The van der Waals surface area contributed by atoms with Crippen molar-refractivity contribution in [3.63, 3.8) is 0 Å². The predicted molar refractivity (Wildman–Crippen MR) is 76.3 cm³/mol. The number of hydrogen-bond acceptors (Lipinski definition) is 3. The number of likely N-dealkylation sites (tertiary alicyclic amines) is 1. The summed E-state index contributed by atoms with van der Waals surface area (Å²) in [6.07, 6.45) is 6.61. The SMILES string of the molecule is NC(=S)CN1CCC(NC(=O)C2CCCC2)CC1. The molecule has 0 aromatic heterocycles. The maximum atomic E-state index is 12.0. The molecule has 3 N–H and O–H groups in total. The minimum Gasteiger partial charge on any atom is -0.392 e. The van der Waals surface area contributed by atoms with Gasteiger partial charge in [0.25, 0.3) is 0 Å². The molecular weight excluding hydrogens is 246 g/mol. The third-order valence-electron chi connectivity index (χ3n) is 4.04. The van der Waals surface area contributed by atoms with Crippen LogP contribution in [-0.4, -0.2) is 41.5 Å². The van der Waals surface area contributed by atoms with Crippen molar-refractivity contribution in [3.05, 3.63) is 0 Å². The highest BCUT2D eigenvalue weighted by Gasteiger charge is 2.26. The van der Waals surface area contributed by atoms with Gasteiger partial charge in [0.05, 0.1) is 4.99 Å². The summed E-state index contributed by atoms with van der Waals surface area (Å²) < 4.78 is 0. The summed E-state index contributed by atoms with van der Waals surface area (Å²) in [6.45, 7) is 2.67. The third-order valence-corrected chi connectivity index (χ3v) is 4.17. The van der Waals surface area contributed by atoms with Crippen LogP contribution in [-0.2, 0) is 4.79 Å². The number of rotatable bonds is 4. The summed E-state index contributed by atoms with van der Waals surface area (Å²) in [5.41, 5.74) is 5.54. The van der Waals surface area contributed by atoms with Gasteiger partial charge in [0.1, 0.15) is 0 Å². The Bertz CT molecular complexity index is 307. The van der Waals surface area contributed by atoms with E-state index in [0.29, 0.717) is 17.6 Å². The van der Waals surface area contributed by atoms with Crippen LogP contribution < -0.4 is 11.1 Å². The van der Waals surface area contributed by atoms with Crippen LogP contribution in [0.5, 0.6) is 0 Å². The topological polar surface area (TPSA) is 58.4 Å². The molecule has 1 amide bonds. The van der Waals surface area contributed by atoms with E-state index in [1.165, 1.54) is 12.8 Å². The summed E-state index contributed by atoms with van der Waals surface area (Å²) in [4.78, 5) is 14.8. The molecule has 0 aromatic carbocycles. The van der Waals surface area contributed by atoms with Gasteiger partial charge in [-0.1, -0.05) is 25.1 Å². The second-order valence-corrected chi connectivity index (χ2v) is 6.03. The summed E-state index contributed by atoms with van der Waals surface area (Å²) in [5, 5.41) is 3.20. The van der Waals surface area contributed by atoms with Crippen LogP contribution in [0.15, 0.2) is 0 Å². The smallest absolute Gasteiger partial charge is 0.223 e. The zero-order valence-corrected chi connectivity index (χ0v) is 11.7. The van der Waals surface area contributed by atoms with Gasteiger partial charge in [-0.2, -0.15) is 0 Å². The van der Waals surface area contributed by atoms with Gasteiger partial charge in [-0.05, 0) is 25.7 Å². The highest BCUT2D eigenvalue weighted by Crippen LogP contribution is 2.25. The van der Waals surface area contributed by atoms with Gasteiger partial charge in [0.15, 0.2) is 0 Å². The van der Waals surface area contributed by atoms with Crippen molar-refractivity contribution in [2.24, 2.45) is 11.7 Å². The van der Waals surface area contributed by atoms with Crippen molar-refractivity contribution in [2.75, 3.05) is 19.6 Å². The number of amides is 1. The first-order chi connectivity index (χ1) is 8.65. The lowest BCUT2D eigenvalue weighted by atomic mass is 10.0. The van der Waals surface area contributed by atoms with Gasteiger partial charge in [-0.3, -0.25) is 9.69 Å². The lowest BCUT2D eigenvalue weighted by Crippen LogP contribution is -2.47. The van der Waals surface area contributed by atoms with E-state index >= 15 is 0 Å². The summed E-state index contributed by atoms with van der Waals surface area (Å²) in [5.74, 6) is 0.556. The van der Waals surface area contributed by atoms with E-state index in [0.717, 1.165) is 38.8 Å². The lowest BCUT2D eigenvalue weighted by Gasteiger charge is -2.32. The Morgan fingerprint density at radius 3 is 2.39 bits per heavy atom. The monoisotopic (exact) mass is 269 g/mol. The van der Waals surface area contributed by atoms with Crippen LogP contribution in [0.1, 0.15) is 38.5 Å². The molecule has 102 valence electrons. The van der Waals surface area contributed by atoms with E-state index in [1.807, 2.05) is 0 Å². The number of nitrogens with one attached hydrogen (secondary N) is 1. The summed E-state index contributed by atoms with van der Waals surface area (Å²) in [6, 6.07) is 0.348. The Balaban J connectivity index is 1.69. The van der Waals surface area contributed by atoms with Gasteiger partial charge in [0, 0.05) is 31.6 Å². The zero-order valence-electron chi connectivity index (χ0n) is 10.9. The van der Waals surface area contributed by atoms with Crippen molar-refractivity contribution >= 4 is 23.1 Å². The molecule has 1 saturated carbocycles. The summed E-state index contributed by atoms with van der Waals surface area (Å²) >= 11 is 4.91. The number of carbonyl (C=O) groups excluding carboxylic acids is 1. The lowest BCUT2D eigenvalue weighted by molar-refractivity contribution is -0.125. The maximum Gasteiger partial charge on any atom is 0.223 e. The molecule has 1 saturated heterocycles. The molecule has 0 bridgehead atoms. The molecule has 2 rings (SSSR count). The fraction of sp³-hybridized carbons (Fsp3) is 0.846. The quantitative estimate of drug-likeness (QED) is 0.749. The Labute approximate surface area is 114 Å². The third kappa shape index (κ3) is 3.92. The molecule has 5 heteroatoms. The predicted octanol–water partition coefficient (Wildman–Crippen LogP) is 1.04. The molecule has 1 aliphatic carbocycles. The van der Waals surface area contributed by atoms with Crippen LogP contribution in [0.25, 0.3) is 0 Å². The first-order valence-corrected chi connectivity index (χ1v) is 7.37. The largest absolute Gasteiger partial charge is 0.392 e. The van der Waals surface area contributed by atoms with E-state index in [1.54, 1.807) is 0 Å². The van der Waals surface area contributed by atoms with Gasteiger partial charge in [-0.15, -0.1) is 0 Å². The number of nitrogens with zero attached hydrogens (tertiary/aromatic N) is 1. The van der Waals surface area contributed by atoms with Gasteiger partial charge in [0.2, 0.25) is 5.91 Å². The van der Waals surface area contributed by atoms with E-state index in [9.17, 15) is 4.79 Å².